The van der Waals surface area contributed by atoms with Gasteiger partial charge in [-0.25, -0.2) is 9.37 Å². The largest absolute Gasteiger partial charge is 0.481 e. The van der Waals surface area contributed by atoms with Gasteiger partial charge in [0.2, 0.25) is 5.88 Å². The molecule has 0 amide bonds. The molecule has 0 fully saturated rings. The second-order valence-electron chi connectivity index (χ2n) is 4.19. The van der Waals surface area contributed by atoms with Crippen LogP contribution in [-0.2, 0) is 6.42 Å². The first-order chi connectivity index (χ1) is 9.52. The number of pyridine rings is 1. The molecule has 3 nitrogen and oxygen atoms in total. The van der Waals surface area contributed by atoms with E-state index in [4.69, 9.17) is 16.3 Å². The Morgan fingerprint density at radius 1 is 1.40 bits per heavy atom. The Bertz CT molecular complexity index is 607. The van der Waals surface area contributed by atoms with E-state index in [2.05, 4.69) is 20.9 Å². The lowest BCUT2D eigenvalue weighted by Gasteiger charge is -2.13. The summed E-state index contributed by atoms with van der Waals surface area (Å²) in [4.78, 5) is 4.04. The molecule has 0 saturated carbocycles. The fourth-order valence-electron chi connectivity index (χ4n) is 1.78. The van der Waals surface area contributed by atoms with Crippen LogP contribution in [0.3, 0.4) is 0 Å². The van der Waals surface area contributed by atoms with E-state index in [0.717, 1.165) is 5.56 Å². The molecule has 1 N–H and O–H groups in total. The van der Waals surface area contributed by atoms with Gasteiger partial charge < -0.3 is 9.84 Å². The van der Waals surface area contributed by atoms with Crippen LogP contribution in [0.4, 0.5) is 4.39 Å². The number of benzene rings is 1. The third-order valence-corrected chi connectivity index (χ3v) is 4.12. The molecular weight excluding hydrogens is 349 g/mol. The number of aliphatic hydroxyl groups is 1. The summed E-state index contributed by atoms with van der Waals surface area (Å²) < 4.78 is 19.4. The molecule has 2 rings (SSSR count). The van der Waals surface area contributed by atoms with E-state index in [9.17, 15) is 9.50 Å². The first-order valence-corrected chi connectivity index (χ1v) is 7.00. The van der Waals surface area contributed by atoms with Gasteiger partial charge in [-0.3, -0.25) is 0 Å². The van der Waals surface area contributed by atoms with Crippen molar-refractivity contribution >= 4 is 27.5 Å². The average Bonchev–Trinajstić information content (AvgIpc) is 2.45. The molecule has 0 radical (unpaired) electrons. The number of methoxy groups -OCH3 is 1. The van der Waals surface area contributed by atoms with Gasteiger partial charge in [0.05, 0.1) is 18.2 Å². The van der Waals surface area contributed by atoms with Crippen molar-refractivity contribution in [2.45, 2.75) is 12.5 Å². The number of ether oxygens (including phenoxy) is 1. The maximum Gasteiger partial charge on any atom is 0.212 e. The summed E-state index contributed by atoms with van der Waals surface area (Å²) in [7, 11) is 1.52. The normalized spacial score (nSPS) is 12.2. The summed E-state index contributed by atoms with van der Waals surface area (Å²) in [6.07, 6.45) is 0.836. The van der Waals surface area contributed by atoms with Crippen molar-refractivity contribution < 1.29 is 14.2 Å². The van der Waals surface area contributed by atoms with Crippen molar-refractivity contribution in [3.8, 4) is 5.88 Å². The fraction of sp³-hybridized carbons (Fsp3) is 0.214. The Hall–Kier alpha value is -1.17. The van der Waals surface area contributed by atoms with Gasteiger partial charge in [0.15, 0.2) is 0 Å². The molecule has 0 aliphatic rings. The third kappa shape index (κ3) is 3.29. The van der Waals surface area contributed by atoms with Gasteiger partial charge in [-0.15, -0.1) is 0 Å². The highest BCUT2D eigenvalue weighted by Crippen LogP contribution is 2.31. The number of aromatic nitrogens is 1. The van der Waals surface area contributed by atoms with Crippen LogP contribution >= 0.6 is 27.5 Å². The van der Waals surface area contributed by atoms with Crippen molar-refractivity contribution in [1.82, 2.24) is 4.98 Å². The van der Waals surface area contributed by atoms with Gasteiger partial charge in [-0.05, 0) is 27.6 Å². The standard InChI is InChI=1S/C14H12BrClFNO2/c1-20-12-5-2-8(7-18-12)6-11(19)9-3-4-10(15)13(16)14(9)17/h2-5,7,11,19H,6H2,1H3. The highest BCUT2D eigenvalue weighted by molar-refractivity contribution is 9.10. The van der Waals surface area contributed by atoms with Gasteiger partial charge in [0.1, 0.15) is 5.82 Å². The molecular formula is C14H12BrClFNO2. The molecule has 0 bridgehead atoms. The predicted molar refractivity (Wildman–Crippen MR) is 78.6 cm³/mol. The molecule has 0 aliphatic carbocycles. The minimum absolute atomic E-state index is 0.0330. The lowest BCUT2D eigenvalue weighted by atomic mass is 10.0. The zero-order chi connectivity index (χ0) is 14.7. The monoisotopic (exact) mass is 359 g/mol. The van der Waals surface area contributed by atoms with Gasteiger partial charge in [0.25, 0.3) is 0 Å². The molecule has 1 heterocycles. The maximum atomic E-state index is 14.0. The van der Waals surface area contributed by atoms with Crippen LogP contribution in [0.2, 0.25) is 5.02 Å². The Morgan fingerprint density at radius 2 is 2.15 bits per heavy atom. The van der Waals surface area contributed by atoms with E-state index in [1.54, 1.807) is 24.4 Å². The second-order valence-corrected chi connectivity index (χ2v) is 5.43. The van der Waals surface area contributed by atoms with Gasteiger partial charge in [0, 0.05) is 28.7 Å². The molecule has 2 aromatic rings. The molecule has 1 unspecified atom stereocenters. The number of nitrogens with zero attached hydrogens (tertiary/aromatic N) is 1. The topological polar surface area (TPSA) is 42.4 Å². The number of rotatable bonds is 4. The Labute approximate surface area is 129 Å². The summed E-state index contributed by atoms with van der Waals surface area (Å²) in [6, 6.07) is 6.57. The van der Waals surface area contributed by atoms with E-state index in [1.807, 2.05) is 0 Å². The van der Waals surface area contributed by atoms with E-state index in [0.29, 0.717) is 10.4 Å². The SMILES string of the molecule is COc1ccc(CC(O)c2ccc(Br)c(Cl)c2F)cn1. The Kier molecular flexibility index (Phi) is 4.96. The molecule has 1 aromatic heterocycles. The lowest BCUT2D eigenvalue weighted by molar-refractivity contribution is 0.173. The van der Waals surface area contributed by atoms with Crippen LogP contribution in [0.25, 0.3) is 0 Å². The van der Waals surface area contributed by atoms with E-state index in [-0.39, 0.29) is 17.0 Å². The van der Waals surface area contributed by atoms with Crippen molar-refractivity contribution in [2.75, 3.05) is 7.11 Å². The van der Waals surface area contributed by atoms with Crippen LogP contribution in [-0.4, -0.2) is 17.2 Å². The third-order valence-electron chi connectivity index (χ3n) is 2.86. The number of halogens is 3. The number of aliphatic hydroxyl groups excluding tert-OH is 1. The van der Waals surface area contributed by atoms with Gasteiger partial charge in [-0.2, -0.15) is 0 Å². The minimum Gasteiger partial charge on any atom is -0.481 e. The van der Waals surface area contributed by atoms with Crippen LogP contribution in [0.5, 0.6) is 5.88 Å². The molecule has 0 spiro atoms. The Morgan fingerprint density at radius 3 is 2.75 bits per heavy atom. The quantitative estimate of drug-likeness (QED) is 0.840. The second kappa shape index (κ2) is 6.52. The lowest BCUT2D eigenvalue weighted by Crippen LogP contribution is -2.05. The molecule has 1 atom stereocenters. The molecule has 6 heteroatoms. The van der Waals surface area contributed by atoms with Crippen LogP contribution in [0.15, 0.2) is 34.9 Å². The minimum atomic E-state index is -0.990. The zero-order valence-corrected chi connectivity index (χ0v) is 12.9. The van der Waals surface area contributed by atoms with Crippen LogP contribution in [0, 0.1) is 5.82 Å². The molecule has 20 heavy (non-hydrogen) atoms. The number of hydrogen-bond acceptors (Lipinski definition) is 3. The molecule has 0 saturated heterocycles. The van der Waals surface area contributed by atoms with E-state index < -0.39 is 11.9 Å². The van der Waals surface area contributed by atoms with Crippen molar-refractivity contribution in [3.63, 3.8) is 0 Å². The number of hydrogen-bond donors (Lipinski definition) is 1. The molecule has 0 aliphatic heterocycles. The molecule has 106 valence electrons. The smallest absolute Gasteiger partial charge is 0.212 e. The highest BCUT2D eigenvalue weighted by Gasteiger charge is 2.17. The summed E-state index contributed by atoms with van der Waals surface area (Å²) >= 11 is 8.94. The average molecular weight is 361 g/mol. The zero-order valence-electron chi connectivity index (χ0n) is 10.6. The van der Waals surface area contributed by atoms with E-state index >= 15 is 0 Å². The molecule has 1 aromatic carbocycles. The van der Waals surface area contributed by atoms with Crippen molar-refractivity contribution in [3.05, 3.63) is 56.9 Å². The van der Waals surface area contributed by atoms with Crippen LogP contribution < -0.4 is 4.74 Å². The highest BCUT2D eigenvalue weighted by atomic mass is 79.9. The van der Waals surface area contributed by atoms with Gasteiger partial charge >= 0.3 is 0 Å². The fourth-order valence-corrected chi connectivity index (χ4v) is 2.26. The summed E-state index contributed by atoms with van der Waals surface area (Å²) in [5.74, 6) is -0.129. The predicted octanol–water partition coefficient (Wildman–Crippen LogP) is 3.92. The first-order valence-electron chi connectivity index (χ1n) is 5.83. The summed E-state index contributed by atoms with van der Waals surface area (Å²) in [5, 5.41) is 10.1. The van der Waals surface area contributed by atoms with E-state index in [1.165, 1.54) is 13.2 Å². The van der Waals surface area contributed by atoms with Crippen LogP contribution in [0.1, 0.15) is 17.2 Å². The van der Waals surface area contributed by atoms with Crippen molar-refractivity contribution in [1.29, 1.82) is 0 Å². The Balaban J connectivity index is 2.19. The summed E-state index contributed by atoms with van der Waals surface area (Å²) in [5.41, 5.74) is 0.936. The maximum absolute atomic E-state index is 14.0. The van der Waals surface area contributed by atoms with Gasteiger partial charge in [-0.1, -0.05) is 23.7 Å². The summed E-state index contributed by atoms with van der Waals surface area (Å²) in [6.45, 7) is 0. The van der Waals surface area contributed by atoms with Crippen molar-refractivity contribution in [2.24, 2.45) is 0 Å². The first kappa shape index (κ1) is 15.2.